The summed E-state index contributed by atoms with van der Waals surface area (Å²) < 4.78 is 4.93. The lowest BCUT2D eigenvalue weighted by molar-refractivity contribution is -0.144. The van der Waals surface area contributed by atoms with Crippen molar-refractivity contribution in [2.45, 2.75) is 39.7 Å². The number of hydrogen-bond acceptors (Lipinski definition) is 3. The number of nitrogens with zero attached hydrogens (tertiary/aromatic N) is 1. The maximum atomic E-state index is 13.0. The fourth-order valence-corrected chi connectivity index (χ4v) is 3.10. The van der Waals surface area contributed by atoms with Crippen LogP contribution in [-0.4, -0.2) is 29.9 Å². The van der Waals surface area contributed by atoms with Crippen molar-refractivity contribution < 1.29 is 14.3 Å². The van der Waals surface area contributed by atoms with Crippen LogP contribution in [0.15, 0.2) is 42.5 Å². The van der Waals surface area contributed by atoms with Gasteiger partial charge in [0.05, 0.1) is 5.41 Å². The summed E-state index contributed by atoms with van der Waals surface area (Å²) in [6.07, 6.45) is 6.34. The van der Waals surface area contributed by atoms with E-state index in [2.05, 4.69) is 0 Å². The van der Waals surface area contributed by atoms with Crippen LogP contribution in [-0.2, 0) is 20.9 Å². The van der Waals surface area contributed by atoms with Gasteiger partial charge >= 0.3 is 5.97 Å². The molecule has 1 atom stereocenters. The number of piperidine rings is 1. The largest absolute Gasteiger partial charge is 0.462 e. The van der Waals surface area contributed by atoms with Crippen molar-refractivity contribution in [1.82, 2.24) is 4.90 Å². The van der Waals surface area contributed by atoms with Crippen molar-refractivity contribution in [3.63, 3.8) is 0 Å². The van der Waals surface area contributed by atoms with Crippen LogP contribution in [0.4, 0.5) is 0 Å². The number of esters is 1. The molecule has 1 amide bonds. The van der Waals surface area contributed by atoms with Gasteiger partial charge in [-0.15, -0.1) is 0 Å². The van der Waals surface area contributed by atoms with Crippen LogP contribution >= 0.6 is 0 Å². The molecule has 0 saturated carbocycles. The zero-order valence-electron chi connectivity index (χ0n) is 14.0. The molecule has 0 N–H and O–H groups in total. The third-order valence-corrected chi connectivity index (χ3v) is 4.43. The third kappa shape index (κ3) is 4.44. The summed E-state index contributed by atoms with van der Waals surface area (Å²) >= 11 is 0. The summed E-state index contributed by atoms with van der Waals surface area (Å²) in [7, 11) is 0. The van der Waals surface area contributed by atoms with Gasteiger partial charge < -0.3 is 9.64 Å². The van der Waals surface area contributed by atoms with E-state index in [1.807, 2.05) is 48.2 Å². The molecular formula is C19H25NO3. The van der Waals surface area contributed by atoms with E-state index in [0.717, 1.165) is 31.4 Å². The minimum atomic E-state index is -0.465. The fraction of sp³-hybridized carbons (Fsp3) is 0.474. The second-order valence-electron chi connectivity index (χ2n) is 6.03. The van der Waals surface area contributed by atoms with Crippen LogP contribution in [0.1, 0.15) is 38.7 Å². The third-order valence-electron chi connectivity index (χ3n) is 4.43. The van der Waals surface area contributed by atoms with Crippen molar-refractivity contribution >= 4 is 11.9 Å². The molecule has 1 aliphatic heterocycles. The first-order valence-corrected chi connectivity index (χ1v) is 8.22. The van der Waals surface area contributed by atoms with Crippen LogP contribution in [0.5, 0.6) is 0 Å². The Morgan fingerprint density at radius 3 is 2.74 bits per heavy atom. The maximum absolute atomic E-state index is 13.0. The molecule has 1 aromatic carbocycles. The van der Waals surface area contributed by atoms with Crippen LogP contribution in [0.2, 0.25) is 0 Å². The first kappa shape index (κ1) is 17.3. The van der Waals surface area contributed by atoms with Gasteiger partial charge in [-0.2, -0.15) is 0 Å². The fourth-order valence-electron chi connectivity index (χ4n) is 3.10. The average Bonchev–Trinajstić information content (AvgIpc) is 2.56. The molecule has 1 heterocycles. The molecule has 124 valence electrons. The summed E-state index contributed by atoms with van der Waals surface area (Å²) in [6, 6.07) is 10.1. The predicted molar refractivity (Wildman–Crippen MR) is 89.6 cm³/mol. The van der Waals surface area contributed by atoms with E-state index in [0.29, 0.717) is 6.54 Å². The molecule has 0 spiro atoms. The molecule has 2 rings (SSSR count). The van der Waals surface area contributed by atoms with Gasteiger partial charge in [0.2, 0.25) is 5.91 Å². The topological polar surface area (TPSA) is 46.6 Å². The Morgan fingerprint density at radius 2 is 2.09 bits per heavy atom. The Bertz CT molecular complexity index is 567. The molecule has 1 saturated heterocycles. The van der Waals surface area contributed by atoms with Gasteiger partial charge in [-0.1, -0.05) is 49.4 Å². The number of carbonyl (C=O) groups excluding carboxylic acids is 2. The van der Waals surface area contributed by atoms with Crippen molar-refractivity contribution in [3.8, 4) is 0 Å². The number of likely N-dealkylation sites (tertiary alicyclic amines) is 1. The molecule has 1 fully saturated rings. The summed E-state index contributed by atoms with van der Waals surface area (Å²) in [5, 5.41) is 0. The summed E-state index contributed by atoms with van der Waals surface area (Å²) in [5.41, 5.74) is 0.685. The molecule has 0 bridgehead atoms. The Balaban J connectivity index is 2.07. The smallest absolute Gasteiger partial charge is 0.302 e. The van der Waals surface area contributed by atoms with E-state index < -0.39 is 5.41 Å². The van der Waals surface area contributed by atoms with Gasteiger partial charge in [0, 0.05) is 20.0 Å². The highest BCUT2D eigenvalue weighted by atomic mass is 16.5. The molecule has 1 unspecified atom stereocenters. The van der Waals surface area contributed by atoms with Crippen molar-refractivity contribution in [1.29, 1.82) is 0 Å². The van der Waals surface area contributed by atoms with Crippen LogP contribution in [0.25, 0.3) is 0 Å². The minimum Gasteiger partial charge on any atom is -0.462 e. The Kier molecular flexibility index (Phi) is 5.97. The molecule has 4 heteroatoms. The van der Waals surface area contributed by atoms with Gasteiger partial charge in [-0.05, 0) is 24.8 Å². The van der Waals surface area contributed by atoms with Crippen LogP contribution in [0, 0.1) is 5.41 Å². The Labute approximate surface area is 138 Å². The quantitative estimate of drug-likeness (QED) is 0.597. The summed E-state index contributed by atoms with van der Waals surface area (Å²) in [5.74, 6) is -0.130. The normalized spacial score (nSPS) is 21.7. The predicted octanol–water partition coefficient (Wildman–Crippen LogP) is 3.32. The molecule has 0 radical (unpaired) electrons. The van der Waals surface area contributed by atoms with Gasteiger partial charge in [-0.25, -0.2) is 0 Å². The van der Waals surface area contributed by atoms with Crippen molar-refractivity contribution in [2.75, 3.05) is 13.2 Å². The van der Waals surface area contributed by atoms with Crippen molar-refractivity contribution in [2.24, 2.45) is 5.41 Å². The van der Waals surface area contributed by atoms with E-state index in [1.54, 1.807) is 6.08 Å². The highest BCUT2D eigenvalue weighted by Crippen LogP contribution is 2.36. The lowest BCUT2D eigenvalue weighted by Crippen LogP contribution is -2.47. The van der Waals surface area contributed by atoms with Crippen LogP contribution in [0.3, 0.4) is 0 Å². The maximum Gasteiger partial charge on any atom is 0.302 e. The molecule has 0 aromatic heterocycles. The molecule has 23 heavy (non-hydrogen) atoms. The molecule has 0 aliphatic carbocycles. The van der Waals surface area contributed by atoms with E-state index >= 15 is 0 Å². The molecule has 1 aliphatic rings. The van der Waals surface area contributed by atoms with E-state index in [9.17, 15) is 9.59 Å². The molecular weight excluding hydrogens is 290 g/mol. The number of hydrogen-bond donors (Lipinski definition) is 0. The zero-order valence-corrected chi connectivity index (χ0v) is 14.0. The number of rotatable bonds is 6. The summed E-state index contributed by atoms with van der Waals surface area (Å²) in [6.45, 7) is 5.10. The monoisotopic (exact) mass is 315 g/mol. The lowest BCUT2D eigenvalue weighted by Gasteiger charge is -2.39. The minimum absolute atomic E-state index is 0.175. The van der Waals surface area contributed by atoms with Gasteiger partial charge in [0.25, 0.3) is 0 Å². The first-order valence-electron chi connectivity index (χ1n) is 8.22. The highest BCUT2D eigenvalue weighted by Gasteiger charge is 2.40. The number of carbonyl (C=O) groups is 2. The van der Waals surface area contributed by atoms with E-state index in [4.69, 9.17) is 4.74 Å². The lowest BCUT2D eigenvalue weighted by atomic mass is 9.76. The number of ether oxygens (including phenoxy) is 1. The number of amides is 1. The second-order valence-corrected chi connectivity index (χ2v) is 6.03. The van der Waals surface area contributed by atoms with Crippen LogP contribution < -0.4 is 0 Å². The van der Waals surface area contributed by atoms with Gasteiger partial charge in [0.15, 0.2) is 0 Å². The molecule has 4 nitrogen and oxygen atoms in total. The van der Waals surface area contributed by atoms with Gasteiger partial charge in [0.1, 0.15) is 6.61 Å². The average molecular weight is 315 g/mol. The molecule has 1 aromatic rings. The van der Waals surface area contributed by atoms with Gasteiger partial charge in [-0.3, -0.25) is 9.59 Å². The highest BCUT2D eigenvalue weighted by molar-refractivity contribution is 5.85. The Morgan fingerprint density at radius 1 is 1.35 bits per heavy atom. The first-order chi connectivity index (χ1) is 11.1. The number of benzene rings is 1. The second kappa shape index (κ2) is 7.95. The standard InChI is InChI=1S/C19H25NO3/c1-3-19(12-8-14-23-16(2)21)11-7-13-20(18(19)22)15-17-9-5-4-6-10-17/h4-6,8-10,12H,3,7,11,13-15H2,1-2H3/b12-8+. The Hall–Kier alpha value is -2.10. The SMILES string of the molecule is CCC1(/C=C/COC(C)=O)CCCN(Cc2ccccc2)C1=O. The van der Waals surface area contributed by atoms with Crippen molar-refractivity contribution in [3.05, 3.63) is 48.0 Å². The van der Waals surface area contributed by atoms with E-state index in [-0.39, 0.29) is 18.5 Å². The summed E-state index contributed by atoms with van der Waals surface area (Å²) in [4.78, 5) is 25.8. The zero-order chi connectivity index (χ0) is 16.7. The van der Waals surface area contributed by atoms with E-state index in [1.165, 1.54) is 6.92 Å².